The van der Waals surface area contributed by atoms with Crippen molar-refractivity contribution in [3.05, 3.63) is 48.2 Å². The third kappa shape index (κ3) is 6.43. The molecule has 7 nitrogen and oxygen atoms in total. The van der Waals surface area contributed by atoms with Gasteiger partial charge in [0.1, 0.15) is 23.4 Å². The minimum Gasteiger partial charge on any atom is -0.384 e. The number of hydrogen-bond donors (Lipinski definition) is 3. The lowest BCUT2D eigenvalue weighted by Gasteiger charge is -2.36. The van der Waals surface area contributed by atoms with Crippen molar-refractivity contribution in [3.63, 3.8) is 0 Å². The molecule has 1 aliphatic heterocycles. The molecule has 0 aliphatic carbocycles. The second kappa shape index (κ2) is 11.3. The molecular weight excluding hydrogens is 502 g/mol. The van der Waals surface area contributed by atoms with Gasteiger partial charge in [-0.15, -0.1) is 6.42 Å². The Morgan fingerprint density at radius 2 is 1.51 bits per heavy atom. The topological polar surface area (TPSA) is 103 Å². The number of nitrogens with zero attached hydrogens (tertiary/aromatic N) is 3. The number of pyridine rings is 1. The smallest absolute Gasteiger partial charge is 0.384 e. The second-order valence-electron chi connectivity index (χ2n) is 7.20. The van der Waals surface area contributed by atoms with Crippen molar-refractivity contribution in [2.45, 2.75) is 22.8 Å². The van der Waals surface area contributed by atoms with Crippen molar-refractivity contribution in [1.82, 2.24) is 9.29 Å². The van der Waals surface area contributed by atoms with Crippen LogP contribution >= 0.6 is 0 Å². The Hall–Kier alpha value is -2.86. The minimum absolute atomic E-state index is 0.153. The van der Waals surface area contributed by atoms with E-state index in [2.05, 4.69) is 11.4 Å². The average molecular weight is 524 g/mol. The maximum Gasteiger partial charge on any atom is 0.430 e. The van der Waals surface area contributed by atoms with E-state index in [4.69, 9.17) is 10.8 Å². The van der Waals surface area contributed by atoms with E-state index in [-0.39, 0.29) is 12.4 Å². The fourth-order valence-corrected chi connectivity index (χ4v) is 4.28. The first-order valence-corrected chi connectivity index (χ1v) is 11.0. The summed E-state index contributed by atoms with van der Waals surface area (Å²) in [4.78, 5) is 6.09. The van der Waals surface area contributed by atoms with Gasteiger partial charge in [0.2, 0.25) is 0 Å². The van der Waals surface area contributed by atoms with Crippen LogP contribution in [0.2, 0.25) is 0 Å². The Morgan fingerprint density at radius 3 is 1.91 bits per heavy atom. The number of nitrogen functional groups attached to an aromatic ring is 1. The zero-order chi connectivity index (χ0) is 26.4. The van der Waals surface area contributed by atoms with Crippen LogP contribution in [0.3, 0.4) is 0 Å². The highest BCUT2D eigenvalue weighted by atomic mass is 32.2. The largest absolute Gasteiger partial charge is 0.430 e. The molecule has 192 valence electrons. The molecule has 1 aromatic carbocycles. The summed E-state index contributed by atoms with van der Waals surface area (Å²) in [6.45, 7) is 1.22. The molecule has 1 saturated heterocycles. The summed E-state index contributed by atoms with van der Waals surface area (Å²) in [6.07, 6.45) is -5.93. The number of terminal acetylenes is 1. The number of benzene rings is 1. The van der Waals surface area contributed by atoms with Crippen LogP contribution in [0.1, 0.15) is 5.56 Å². The van der Waals surface area contributed by atoms with E-state index in [1.807, 2.05) is 5.92 Å². The van der Waals surface area contributed by atoms with Crippen LogP contribution in [0.25, 0.3) is 0 Å². The molecule has 0 spiro atoms. The monoisotopic (exact) mass is 524 g/mol. The number of piperazine rings is 1. The number of rotatable bonds is 4. The first kappa shape index (κ1) is 28.4. The minimum atomic E-state index is -5.93. The van der Waals surface area contributed by atoms with E-state index in [1.54, 1.807) is 15.3 Å². The summed E-state index contributed by atoms with van der Waals surface area (Å²) in [6, 6.07) is 6.52. The molecule has 35 heavy (non-hydrogen) atoms. The van der Waals surface area contributed by atoms with Crippen molar-refractivity contribution in [1.29, 1.82) is 0 Å². The highest BCUT2D eigenvalue weighted by Crippen LogP contribution is 2.50. The molecule has 0 radical (unpaired) electrons. The third-order valence-corrected chi connectivity index (χ3v) is 6.47. The van der Waals surface area contributed by atoms with Crippen molar-refractivity contribution in [2.24, 2.45) is 0 Å². The van der Waals surface area contributed by atoms with Crippen LogP contribution in [0.5, 0.6) is 0 Å². The number of aromatic nitrogens is 1. The Kier molecular flexibility index (Phi) is 9.12. The van der Waals surface area contributed by atoms with Gasteiger partial charge in [0.15, 0.2) is 0 Å². The summed E-state index contributed by atoms with van der Waals surface area (Å²) in [5, 5.41) is 17.1. The molecule has 1 aromatic heterocycles. The van der Waals surface area contributed by atoms with Gasteiger partial charge in [0.25, 0.3) is 5.60 Å². The molecule has 1 atom stereocenters. The predicted octanol–water partition coefficient (Wildman–Crippen LogP) is 2.43. The Bertz CT molecular complexity index is 1020. The molecule has 0 bridgehead atoms. The summed E-state index contributed by atoms with van der Waals surface area (Å²) in [5.74, 6) is 2.27. The van der Waals surface area contributed by atoms with Gasteiger partial charge in [-0.05, 0) is 24.3 Å². The molecule has 2 aromatic rings. The molecule has 14 heteroatoms. The first-order chi connectivity index (χ1) is 16.3. The van der Waals surface area contributed by atoms with Gasteiger partial charge in [-0.2, -0.15) is 26.3 Å². The van der Waals surface area contributed by atoms with Crippen molar-refractivity contribution in [2.75, 3.05) is 43.4 Å². The SMILES string of the molecule is C#CCO.Nc1ccc(S(=O)N2CCN(c3ccc(C(O)(C(F)(F)F)C(F)(F)F)cc3)CC2)cn1. The molecular formula is C21H22F6N4O3S. The van der Waals surface area contributed by atoms with Crippen molar-refractivity contribution in [3.8, 4) is 12.3 Å². The quantitative estimate of drug-likeness (QED) is 0.420. The molecule has 4 N–H and O–H groups in total. The molecule has 1 aliphatic rings. The van der Waals surface area contributed by atoms with Crippen LogP contribution in [0.15, 0.2) is 47.5 Å². The fourth-order valence-electron chi connectivity index (χ4n) is 3.16. The lowest BCUT2D eigenvalue weighted by Crippen LogP contribution is -2.53. The summed E-state index contributed by atoms with van der Waals surface area (Å²) >= 11 is 0. The van der Waals surface area contributed by atoms with Gasteiger partial charge in [0.05, 0.1) is 4.90 Å². The van der Waals surface area contributed by atoms with Gasteiger partial charge in [-0.25, -0.2) is 13.5 Å². The number of aliphatic hydroxyl groups is 2. The first-order valence-electron chi connectivity index (χ1n) is 9.90. The molecule has 3 rings (SSSR count). The molecule has 1 fully saturated rings. The normalized spacial score (nSPS) is 16.1. The standard InChI is InChI=1S/C18H18F6N4O2S.C3H4O/c19-17(20,21)16(29,18(22,23)24)12-1-3-13(4-2-12)27-7-9-28(10-8-27)31(30)14-5-6-15(25)26-11-14;1-2-3-4/h1-6,11,29H,7-10H2,(H2,25,26);1,4H,3H2. The summed E-state index contributed by atoms with van der Waals surface area (Å²) < 4.78 is 92.2. The van der Waals surface area contributed by atoms with E-state index < -0.39 is 34.5 Å². The molecule has 1 unspecified atom stereocenters. The van der Waals surface area contributed by atoms with E-state index in [0.29, 0.717) is 48.9 Å². The van der Waals surface area contributed by atoms with E-state index >= 15 is 0 Å². The van der Waals surface area contributed by atoms with Crippen molar-refractivity contribution >= 4 is 22.5 Å². The lowest BCUT2D eigenvalue weighted by atomic mass is 9.92. The number of alkyl halides is 6. The summed E-state index contributed by atoms with van der Waals surface area (Å²) in [5.41, 5.74) is -0.384. The Labute approximate surface area is 199 Å². The number of hydrogen-bond acceptors (Lipinski definition) is 6. The number of anilines is 2. The van der Waals surface area contributed by atoms with Crippen LogP contribution in [0, 0.1) is 12.3 Å². The maximum absolute atomic E-state index is 13.0. The number of nitrogens with two attached hydrogens (primary N) is 1. The van der Waals surface area contributed by atoms with Gasteiger partial charge in [-0.3, -0.25) is 0 Å². The number of aliphatic hydroxyl groups excluding tert-OH is 1. The Balaban J connectivity index is 0.00000100. The van der Waals surface area contributed by atoms with E-state index in [1.165, 1.54) is 12.3 Å². The third-order valence-electron chi connectivity index (χ3n) is 5.00. The van der Waals surface area contributed by atoms with Crippen molar-refractivity contribution < 1.29 is 40.8 Å². The maximum atomic E-state index is 13.0. The Morgan fingerprint density at radius 1 is 1.00 bits per heavy atom. The fraction of sp³-hybridized carbons (Fsp3) is 0.381. The van der Waals surface area contributed by atoms with Gasteiger partial charge in [0, 0.05) is 43.6 Å². The second-order valence-corrected chi connectivity index (χ2v) is 8.69. The lowest BCUT2D eigenvalue weighted by molar-refractivity contribution is -0.376. The molecule has 0 saturated carbocycles. The zero-order valence-electron chi connectivity index (χ0n) is 18.1. The van der Waals surface area contributed by atoms with Crippen LogP contribution in [-0.2, 0) is 16.6 Å². The highest BCUT2D eigenvalue weighted by molar-refractivity contribution is 7.82. The van der Waals surface area contributed by atoms with Crippen LogP contribution < -0.4 is 10.6 Å². The van der Waals surface area contributed by atoms with Gasteiger partial charge >= 0.3 is 12.4 Å². The highest BCUT2D eigenvalue weighted by Gasteiger charge is 2.71. The average Bonchev–Trinajstić information content (AvgIpc) is 2.82. The van der Waals surface area contributed by atoms with Gasteiger partial charge in [-0.1, -0.05) is 18.1 Å². The molecule has 2 heterocycles. The number of halogens is 6. The van der Waals surface area contributed by atoms with E-state index in [0.717, 1.165) is 12.1 Å². The predicted molar refractivity (Wildman–Crippen MR) is 117 cm³/mol. The van der Waals surface area contributed by atoms with Gasteiger partial charge < -0.3 is 20.8 Å². The summed E-state index contributed by atoms with van der Waals surface area (Å²) in [7, 11) is -1.48. The zero-order valence-corrected chi connectivity index (χ0v) is 18.9. The van der Waals surface area contributed by atoms with Crippen LogP contribution in [0.4, 0.5) is 37.8 Å². The van der Waals surface area contributed by atoms with E-state index in [9.17, 15) is 35.7 Å². The molecule has 0 amide bonds. The van der Waals surface area contributed by atoms with Crippen LogP contribution in [-0.4, -0.2) is 68.8 Å².